The van der Waals surface area contributed by atoms with Crippen molar-refractivity contribution in [2.45, 2.75) is 0 Å². The summed E-state index contributed by atoms with van der Waals surface area (Å²) < 4.78 is 5.92. The molecule has 0 amide bonds. The molecule has 0 bridgehead atoms. The Morgan fingerprint density at radius 2 is 2.00 bits per heavy atom. The molecule has 2 rings (SSSR count). The topological polar surface area (TPSA) is 91.0 Å². The molecule has 5 nitrogen and oxygen atoms in total. The number of rotatable bonds is 1. The molecule has 4 N–H and O–H groups in total. The Bertz CT molecular complexity index is 448. The number of halogens is 1. The number of nitrogens with zero attached hydrogens (tertiary/aromatic N) is 2. The molecular formula is C8H7BrN4O. The average Bonchev–Trinajstić information content (AvgIpc) is 2.50. The van der Waals surface area contributed by atoms with Crippen molar-refractivity contribution in [1.82, 2.24) is 9.97 Å². The van der Waals surface area contributed by atoms with E-state index in [9.17, 15) is 0 Å². The van der Waals surface area contributed by atoms with Gasteiger partial charge in [-0.1, -0.05) is 0 Å². The first-order valence-electron chi connectivity index (χ1n) is 3.81. The van der Waals surface area contributed by atoms with Crippen molar-refractivity contribution < 1.29 is 4.42 Å². The van der Waals surface area contributed by atoms with Gasteiger partial charge in [0.1, 0.15) is 11.5 Å². The number of furan rings is 1. The van der Waals surface area contributed by atoms with Crippen molar-refractivity contribution in [1.29, 1.82) is 0 Å². The zero-order valence-corrected chi connectivity index (χ0v) is 8.65. The molecule has 0 saturated carbocycles. The molecule has 0 radical (unpaired) electrons. The third kappa shape index (κ3) is 1.69. The fraction of sp³-hybridized carbons (Fsp3) is 0. The van der Waals surface area contributed by atoms with Crippen LogP contribution in [0.15, 0.2) is 27.3 Å². The van der Waals surface area contributed by atoms with E-state index in [-0.39, 0.29) is 5.95 Å². The molecule has 0 aromatic carbocycles. The molecular weight excluding hydrogens is 248 g/mol. The molecule has 2 aromatic rings. The first kappa shape index (κ1) is 9.01. The van der Waals surface area contributed by atoms with E-state index in [1.165, 1.54) is 0 Å². The van der Waals surface area contributed by atoms with Gasteiger partial charge in [0, 0.05) is 6.07 Å². The second-order valence-electron chi connectivity index (χ2n) is 2.64. The zero-order chi connectivity index (χ0) is 10.1. The van der Waals surface area contributed by atoms with E-state index in [1.807, 2.05) is 0 Å². The summed E-state index contributed by atoms with van der Waals surface area (Å²) in [7, 11) is 0. The second-order valence-corrected chi connectivity index (χ2v) is 3.42. The summed E-state index contributed by atoms with van der Waals surface area (Å²) in [6.07, 6.45) is 0. The van der Waals surface area contributed by atoms with Crippen LogP contribution in [0.3, 0.4) is 0 Å². The lowest BCUT2D eigenvalue weighted by Crippen LogP contribution is -2.00. The maximum absolute atomic E-state index is 5.52. The molecule has 0 atom stereocenters. The summed E-state index contributed by atoms with van der Waals surface area (Å²) in [5.74, 6) is 1.05. The second kappa shape index (κ2) is 3.30. The molecule has 2 aromatic heterocycles. The smallest absolute Gasteiger partial charge is 0.222 e. The molecule has 0 aliphatic heterocycles. The van der Waals surface area contributed by atoms with Gasteiger partial charge in [-0.2, -0.15) is 4.98 Å². The summed E-state index contributed by atoms with van der Waals surface area (Å²) in [6, 6.07) is 5.14. The fourth-order valence-corrected chi connectivity index (χ4v) is 1.37. The molecule has 0 aliphatic rings. The third-order valence-electron chi connectivity index (χ3n) is 1.59. The van der Waals surface area contributed by atoms with E-state index in [2.05, 4.69) is 25.9 Å². The lowest BCUT2D eigenvalue weighted by molar-refractivity contribution is 0.553. The third-order valence-corrected chi connectivity index (χ3v) is 2.02. The molecule has 6 heteroatoms. The molecule has 2 heterocycles. The Kier molecular flexibility index (Phi) is 2.12. The number of aromatic nitrogens is 2. The van der Waals surface area contributed by atoms with Gasteiger partial charge in [-0.05, 0) is 28.1 Å². The standard InChI is InChI=1S/C8H7BrN4O/c9-6-2-1-5(14-6)4-3-7(10)13-8(11)12-4/h1-3H,(H4,10,11,12,13). The summed E-state index contributed by atoms with van der Waals surface area (Å²) in [6.45, 7) is 0. The fourth-order valence-electron chi connectivity index (χ4n) is 1.06. The monoisotopic (exact) mass is 254 g/mol. The van der Waals surface area contributed by atoms with Crippen molar-refractivity contribution in [3.8, 4) is 11.5 Å². The van der Waals surface area contributed by atoms with E-state index < -0.39 is 0 Å². The molecule has 0 unspecified atom stereocenters. The Hall–Kier alpha value is -1.56. The minimum Gasteiger partial charge on any atom is -0.448 e. The maximum atomic E-state index is 5.52. The quantitative estimate of drug-likeness (QED) is 0.808. The van der Waals surface area contributed by atoms with Gasteiger partial charge < -0.3 is 15.9 Å². The highest BCUT2D eigenvalue weighted by Crippen LogP contribution is 2.24. The molecule has 0 fully saturated rings. The summed E-state index contributed by atoms with van der Waals surface area (Å²) >= 11 is 3.19. The first-order chi connectivity index (χ1) is 6.65. The van der Waals surface area contributed by atoms with Crippen LogP contribution in [0.2, 0.25) is 0 Å². The summed E-state index contributed by atoms with van der Waals surface area (Å²) in [5, 5.41) is 0. The average molecular weight is 255 g/mol. The van der Waals surface area contributed by atoms with Crippen molar-refractivity contribution >= 4 is 27.7 Å². The minimum absolute atomic E-state index is 0.132. The van der Waals surface area contributed by atoms with Crippen LogP contribution in [0.4, 0.5) is 11.8 Å². The predicted octanol–water partition coefficient (Wildman–Crippen LogP) is 1.66. The Labute approximate surface area is 88.3 Å². The molecule has 72 valence electrons. The minimum atomic E-state index is 0.132. The van der Waals surface area contributed by atoms with Crippen LogP contribution < -0.4 is 11.5 Å². The van der Waals surface area contributed by atoms with Gasteiger partial charge in [-0.25, -0.2) is 4.98 Å². The van der Waals surface area contributed by atoms with Gasteiger partial charge in [0.2, 0.25) is 5.95 Å². The van der Waals surface area contributed by atoms with E-state index >= 15 is 0 Å². The lowest BCUT2D eigenvalue weighted by Gasteiger charge is -1.99. The maximum Gasteiger partial charge on any atom is 0.222 e. The van der Waals surface area contributed by atoms with Gasteiger partial charge in [0.05, 0.1) is 0 Å². The van der Waals surface area contributed by atoms with Crippen LogP contribution in [0.5, 0.6) is 0 Å². The summed E-state index contributed by atoms with van der Waals surface area (Å²) in [4.78, 5) is 7.75. The normalized spacial score (nSPS) is 10.4. The van der Waals surface area contributed by atoms with Crippen LogP contribution in [-0.4, -0.2) is 9.97 Å². The van der Waals surface area contributed by atoms with E-state index in [1.54, 1.807) is 18.2 Å². The van der Waals surface area contributed by atoms with Crippen LogP contribution >= 0.6 is 15.9 Å². The van der Waals surface area contributed by atoms with Crippen LogP contribution in [0.1, 0.15) is 0 Å². The number of hydrogen-bond donors (Lipinski definition) is 2. The molecule has 14 heavy (non-hydrogen) atoms. The Morgan fingerprint density at radius 1 is 1.21 bits per heavy atom. The Morgan fingerprint density at radius 3 is 2.57 bits per heavy atom. The van der Waals surface area contributed by atoms with Gasteiger partial charge in [0.25, 0.3) is 0 Å². The van der Waals surface area contributed by atoms with Crippen molar-refractivity contribution in [2.75, 3.05) is 11.5 Å². The highest BCUT2D eigenvalue weighted by Gasteiger charge is 2.06. The van der Waals surface area contributed by atoms with Crippen LogP contribution in [-0.2, 0) is 0 Å². The zero-order valence-electron chi connectivity index (χ0n) is 7.07. The van der Waals surface area contributed by atoms with Crippen molar-refractivity contribution in [2.24, 2.45) is 0 Å². The Balaban J connectivity index is 2.51. The first-order valence-corrected chi connectivity index (χ1v) is 4.60. The van der Waals surface area contributed by atoms with Gasteiger partial charge >= 0.3 is 0 Å². The summed E-state index contributed by atoms with van der Waals surface area (Å²) in [5.41, 5.74) is 11.5. The predicted molar refractivity (Wildman–Crippen MR) is 56.3 cm³/mol. The van der Waals surface area contributed by atoms with Gasteiger partial charge in [-0.15, -0.1) is 0 Å². The lowest BCUT2D eigenvalue weighted by atomic mass is 10.3. The van der Waals surface area contributed by atoms with Crippen LogP contribution in [0.25, 0.3) is 11.5 Å². The van der Waals surface area contributed by atoms with Crippen molar-refractivity contribution in [3.63, 3.8) is 0 Å². The number of nitrogens with two attached hydrogens (primary N) is 2. The number of anilines is 2. The van der Waals surface area contributed by atoms with Crippen LogP contribution in [0, 0.1) is 0 Å². The van der Waals surface area contributed by atoms with E-state index in [4.69, 9.17) is 15.9 Å². The van der Waals surface area contributed by atoms with Gasteiger partial charge in [0.15, 0.2) is 10.4 Å². The molecule has 0 spiro atoms. The largest absolute Gasteiger partial charge is 0.448 e. The SMILES string of the molecule is Nc1cc(-c2ccc(Br)o2)nc(N)n1. The molecule has 0 aliphatic carbocycles. The number of hydrogen-bond acceptors (Lipinski definition) is 5. The van der Waals surface area contributed by atoms with Gasteiger partial charge in [-0.3, -0.25) is 0 Å². The molecule has 0 saturated heterocycles. The van der Waals surface area contributed by atoms with Crippen molar-refractivity contribution in [3.05, 3.63) is 22.9 Å². The van der Waals surface area contributed by atoms with E-state index in [0.717, 1.165) is 0 Å². The van der Waals surface area contributed by atoms with E-state index in [0.29, 0.717) is 21.9 Å². The highest BCUT2D eigenvalue weighted by atomic mass is 79.9. The number of nitrogen functional groups attached to an aromatic ring is 2. The highest BCUT2D eigenvalue weighted by molar-refractivity contribution is 9.10.